The van der Waals surface area contributed by atoms with Gasteiger partial charge in [0.1, 0.15) is 6.04 Å². The van der Waals surface area contributed by atoms with Crippen molar-refractivity contribution in [3.63, 3.8) is 0 Å². The molecule has 6 N–H and O–H groups in total. The van der Waals surface area contributed by atoms with E-state index >= 15 is 0 Å². The number of benzene rings is 3. The van der Waals surface area contributed by atoms with Crippen LogP contribution in [0.2, 0.25) is 0 Å². The predicted molar refractivity (Wildman–Crippen MR) is 136 cm³/mol. The van der Waals surface area contributed by atoms with Gasteiger partial charge < -0.3 is 26.2 Å². The van der Waals surface area contributed by atoms with E-state index in [-0.39, 0.29) is 30.9 Å². The zero-order valence-electron chi connectivity index (χ0n) is 19.5. The molecule has 0 saturated heterocycles. The third-order valence-electron chi connectivity index (χ3n) is 6.50. The number of fused-ring (bicyclic) bond motifs is 4. The van der Waals surface area contributed by atoms with E-state index in [9.17, 15) is 24.3 Å². The molecule has 11 nitrogen and oxygen atoms in total. The van der Waals surface area contributed by atoms with E-state index in [1.54, 1.807) is 24.3 Å². The molecule has 0 unspecified atom stereocenters. The summed E-state index contributed by atoms with van der Waals surface area (Å²) in [4.78, 5) is 55.9. The topological polar surface area (TPSA) is 179 Å². The van der Waals surface area contributed by atoms with E-state index in [1.807, 2.05) is 24.3 Å². The number of nitrogen functional groups attached to an aromatic ring is 1. The summed E-state index contributed by atoms with van der Waals surface area (Å²) in [6.07, 6.45) is -0.517. The predicted octanol–water partition coefficient (Wildman–Crippen LogP) is 2.54. The lowest BCUT2D eigenvalue weighted by atomic mass is 10.0. The molecule has 1 aliphatic heterocycles. The highest BCUT2D eigenvalue weighted by atomic mass is 16.4. The second kappa shape index (κ2) is 9.26. The molecular formula is C26H23N5O6. The number of anilines is 2. The van der Waals surface area contributed by atoms with Crippen molar-refractivity contribution in [2.75, 3.05) is 11.1 Å². The Morgan fingerprint density at radius 1 is 1.11 bits per heavy atom. The van der Waals surface area contributed by atoms with Gasteiger partial charge in [0.05, 0.1) is 10.9 Å². The van der Waals surface area contributed by atoms with Gasteiger partial charge in [-0.2, -0.15) is 0 Å². The van der Waals surface area contributed by atoms with Crippen molar-refractivity contribution in [3.8, 4) is 0 Å². The van der Waals surface area contributed by atoms with Crippen molar-refractivity contribution in [1.82, 2.24) is 14.9 Å². The highest BCUT2D eigenvalue weighted by Gasteiger charge is 2.36. The minimum absolute atomic E-state index is 0.0555. The molecule has 0 fully saturated rings. The van der Waals surface area contributed by atoms with Crippen LogP contribution >= 0.6 is 0 Å². The number of aliphatic carboxylic acids is 2. The maximum atomic E-state index is 12.8. The SMILES string of the molecule is Nc1nc2ccc3ccc(CNc4ccc5c(c4)CN([C@@H](CCC(=O)O)C(=O)O)C5=O)cc3c2c(=O)[nH]1. The summed E-state index contributed by atoms with van der Waals surface area (Å²) in [7, 11) is 0. The largest absolute Gasteiger partial charge is 0.481 e. The van der Waals surface area contributed by atoms with Crippen LogP contribution in [0.4, 0.5) is 11.6 Å². The van der Waals surface area contributed by atoms with Crippen molar-refractivity contribution in [1.29, 1.82) is 0 Å². The summed E-state index contributed by atoms with van der Waals surface area (Å²) in [6, 6.07) is 13.4. The number of carboxylic acids is 2. The second-order valence-electron chi connectivity index (χ2n) is 8.91. The molecule has 5 rings (SSSR count). The van der Waals surface area contributed by atoms with Gasteiger partial charge >= 0.3 is 11.9 Å². The van der Waals surface area contributed by atoms with Crippen LogP contribution in [0.3, 0.4) is 0 Å². The molecule has 0 spiro atoms. The first-order valence-electron chi connectivity index (χ1n) is 11.5. The highest BCUT2D eigenvalue weighted by Crippen LogP contribution is 2.29. The van der Waals surface area contributed by atoms with Crippen LogP contribution in [0, 0.1) is 0 Å². The average molecular weight is 501 g/mol. The van der Waals surface area contributed by atoms with Gasteiger partial charge in [-0.1, -0.05) is 18.2 Å². The second-order valence-corrected chi connectivity index (χ2v) is 8.91. The number of amides is 1. The Morgan fingerprint density at radius 2 is 1.89 bits per heavy atom. The smallest absolute Gasteiger partial charge is 0.326 e. The van der Waals surface area contributed by atoms with E-state index in [2.05, 4.69) is 15.3 Å². The zero-order chi connectivity index (χ0) is 26.3. The Hall–Kier alpha value is -4.93. The first-order chi connectivity index (χ1) is 17.7. The number of hydrogen-bond donors (Lipinski definition) is 5. The first-order valence-corrected chi connectivity index (χ1v) is 11.5. The number of rotatable bonds is 8. The fourth-order valence-electron chi connectivity index (χ4n) is 4.72. The Labute approximate surface area is 209 Å². The Bertz CT molecular complexity index is 1650. The summed E-state index contributed by atoms with van der Waals surface area (Å²) < 4.78 is 0. The van der Waals surface area contributed by atoms with Gasteiger partial charge in [0.25, 0.3) is 11.5 Å². The number of hydrogen-bond acceptors (Lipinski definition) is 7. The number of nitrogens with zero attached hydrogens (tertiary/aromatic N) is 2. The zero-order valence-corrected chi connectivity index (χ0v) is 19.5. The van der Waals surface area contributed by atoms with Crippen LogP contribution in [-0.2, 0) is 22.7 Å². The standard InChI is InChI=1S/C26H23N5O6/c27-26-29-19-6-3-14-2-1-13(9-18(14)22(19)23(34)30-26)11-28-16-4-5-17-15(10-16)12-31(24(17)35)20(25(36)37)7-8-21(32)33/h1-6,9-10,20,28H,7-8,11-12H2,(H,32,33)(H,36,37)(H3,27,29,30,34)/t20-/m0/s1. The molecule has 4 aromatic rings. The number of aromatic nitrogens is 2. The maximum Gasteiger partial charge on any atom is 0.326 e. The Balaban J connectivity index is 1.36. The van der Waals surface area contributed by atoms with Gasteiger partial charge in [-0.3, -0.25) is 19.4 Å². The van der Waals surface area contributed by atoms with Crippen molar-refractivity contribution in [2.45, 2.75) is 32.0 Å². The fraction of sp³-hybridized carbons (Fsp3) is 0.192. The molecule has 2 heterocycles. The van der Waals surface area contributed by atoms with Crippen LogP contribution in [0.5, 0.6) is 0 Å². The lowest BCUT2D eigenvalue weighted by Crippen LogP contribution is -2.41. The summed E-state index contributed by atoms with van der Waals surface area (Å²) >= 11 is 0. The van der Waals surface area contributed by atoms with Crippen molar-refractivity contribution >= 4 is 51.2 Å². The molecule has 37 heavy (non-hydrogen) atoms. The van der Waals surface area contributed by atoms with Gasteiger partial charge in [-0.25, -0.2) is 9.78 Å². The Morgan fingerprint density at radius 3 is 2.65 bits per heavy atom. The molecule has 1 amide bonds. The van der Waals surface area contributed by atoms with Crippen LogP contribution in [-0.4, -0.2) is 49.0 Å². The lowest BCUT2D eigenvalue weighted by Gasteiger charge is -2.23. The number of carbonyl (C=O) groups is 3. The molecule has 0 radical (unpaired) electrons. The van der Waals surface area contributed by atoms with E-state index in [4.69, 9.17) is 10.8 Å². The minimum Gasteiger partial charge on any atom is -0.481 e. The third kappa shape index (κ3) is 4.54. The number of aromatic amines is 1. The summed E-state index contributed by atoms with van der Waals surface area (Å²) in [5.74, 6) is -2.73. The molecule has 0 aliphatic carbocycles. The third-order valence-corrected chi connectivity index (χ3v) is 6.50. The monoisotopic (exact) mass is 501 g/mol. The van der Waals surface area contributed by atoms with Gasteiger partial charge in [0.2, 0.25) is 5.95 Å². The summed E-state index contributed by atoms with van der Waals surface area (Å²) in [6.45, 7) is 0.514. The van der Waals surface area contributed by atoms with Gasteiger partial charge in [0, 0.05) is 30.8 Å². The number of carbonyl (C=O) groups excluding carboxylic acids is 1. The fourth-order valence-corrected chi connectivity index (χ4v) is 4.72. The molecule has 0 saturated carbocycles. The average Bonchev–Trinajstić information content (AvgIpc) is 3.17. The van der Waals surface area contributed by atoms with Crippen LogP contribution in [0.25, 0.3) is 21.7 Å². The van der Waals surface area contributed by atoms with Crippen molar-refractivity contribution in [3.05, 3.63) is 75.6 Å². The molecule has 188 valence electrons. The van der Waals surface area contributed by atoms with E-state index in [1.165, 1.54) is 4.90 Å². The maximum absolute atomic E-state index is 12.8. The molecule has 1 aromatic heterocycles. The van der Waals surface area contributed by atoms with Crippen LogP contribution in [0.15, 0.2) is 53.3 Å². The van der Waals surface area contributed by atoms with Gasteiger partial charge in [0.15, 0.2) is 0 Å². The summed E-state index contributed by atoms with van der Waals surface area (Å²) in [5.41, 5.74) is 8.57. The highest BCUT2D eigenvalue weighted by molar-refractivity contribution is 6.06. The lowest BCUT2D eigenvalue weighted by molar-refractivity contribution is -0.143. The van der Waals surface area contributed by atoms with E-state index < -0.39 is 23.9 Å². The molecule has 1 aliphatic rings. The van der Waals surface area contributed by atoms with Crippen molar-refractivity contribution < 1.29 is 24.6 Å². The first kappa shape index (κ1) is 23.8. The quantitative estimate of drug-likeness (QED) is 0.227. The molecule has 1 atom stereocenters. The minimum atomic E-state index is -1.23. The molecule has 0 bridgehead atoms. The van der Waals surface area contributed by atoms with Gasteiger partial charge in [-0.05, 0) is 58.7 Å². The molecular weight excluding hydrogens is 478 g/mol. The Kier molecular flexibility index (Phi) is 5.96. The van der Waals surface area contributed by atoms with Crippen molar-refractivity contribution in [2.24, 2.45) is 0 Å². The van der Waals surface area contributed by atoms with Crippen LogP contribution < -0.4 is 16.6 Å². The normalized spacial score (nSPS) is 13.6. The molecule has 11 heteroatoms. The van der Waals surface area contributed by atoms with E-state index in [0.717, 1.165) is 22.0 Å². The van der Waals surface area contributed by atoms with Crippen LogP contribution in [0.1, 0.15) is 34.3 Å². The number of nitrogens with one attached hydrogen (secondary N) is 2. The summed E-state index contributed by atoms with van der Waals surface area (Å²) in [5, 5.41) is 23.9. The number of H-pyrrole nitrogens is 1. The van der Waals surface area contributed by atoms with E-state index in [0.29, 0.717) is 28.6 Å². The molecule has 3 aromatic carbocycles. The number of carboxylic acid groups (broad SMARTS) is 2. The number of nitrogens with two attached hydrogens (primary N) is 1. The van der Waals surface area contributed by atoms with Gasteiger partial charge in [-0.15, -0.1) is 0 Å².